The second-order valence-electron chi connectivity index (χ2n) is 4.98. The van der Waals surface area contributed by atoms with E-state index in [9.17, 15) is 9.59 Å². The van der Waals surface area contributed by atoms with E-state index >= 15 is 0 Å². The van der Waals surface area contributed by atoms with Gasteiger partial charge in [0.15, 0.2) is 0 Å². The summed E-state index contributed by atoms with van der Waals surface area (Å²) >= 11 is 0. The quantitative estimate of drug-likeness (QED) is 0.588. The molecule has 0 spiro atoms. The molecule has 6 heteroatoms. The molecule has 0 unspecified atom stereocenters. The maximum Gasteiger partial charge on any atom is 0.305 e. The molecular formula is C15H23N3O3. The number of amides is 1. The fraction of sp³-hybridized carbons (Fsp3) is 0.533. The van der Waals surface area contributed by atoms with Gasteiger partial charge in [0.1, 0.15) is 0 Å². The number of hydrogen-bond donors (Lipinski definition) is 0. The molecule has 0 radical (unpaired) electrons. The maximum absolute atomic E-state index is 12.0. The molecule has 1 heterocycles. The largest absolute Gasteiger partial charge is 0.469 e. The van der Waals surface area contributed by atoms with Gasteiger partial charge < -0.3 is 9.64 Å². The Morgan fingerprint density at radius 3 is 2.57 bits per heavy atom. The highest BCUT2D eigenvalue weighted by atomic mass is 16.5. The minimum absolute atomic E-state index is 0.0949. The molecule has 1 aromatic rings. The van der Waals surface area contributed by atoms with Gasteiger partial charge in [-0.15, -0.1) is 0 Å². The van der Waals surface area contributed by atoms with Crippen molar-refractivity contribution in [2.75, 3.05) is 20.7 Å². The summed E-state index contributed by atoms with van der Waals surface area (Å²) in [7, 11) is 4.95. The van der Waals surface area contributed by atoms with Crippen molar-refractivity contribution in [1.82, 2.24) is 14.7 Å². The van der Waals surface area contributed by atoms with Gasteiger partial charge in [-0.3, -0.25) is 14.3 Å². The van der Waals surface area contributed by atoms with Crippen LogP contribution in [0.25, 0.3) is 6.08 Å². The molecular weight excluding hydrogens is 270 g/mol. The van der Waals surface area contributed by atoms with Crippen molar-refractivity contribution in [2.24, 2.45) is 7.05 Å². The molecule has 21 heavy (non-hydrogen) atoms. The van der Waals surface area contributed by atoms with E-state index in [1.54, 1.807) is 22.7 Å². The number of aryl methyl sites for hydroxylation is 2. The van der Waals surface area contributed by atoms with Gasteiger partial charge in [-0.1, -0.05) is 0 Å². The molecule has 0 saturated carbocycles. The Bertz CT molecular complexity index is 547. The van der Waals surface area contributed by atoms with Gasteiger partial charge in [-0.05, 0) is 26.3 Å². The van der Waals surface area contributed by atoms with E-state index < -0.39 is 0 Å². The third-order valence-corrected chi connectivity index (χ3v) is 3.44. The number of hydrogen-bond acceptors (Lipinski definition) is 4. The first-order valence-electron chi connectivity index (χ1n) is 6.87. The van der Waals surface area contributed by atoms with E-state index in [1.807, 2.05) is 20.9 Å². The highest BCUT2D eigenvalue weighted by Gasteiger charge is 2.09. The standard InChI is InChI=1S/C15H23N3O3/c1-11-13(12(2)18(4)16-11)8-9-14(19)17(3)10-6-7-15(20)21-5/h8-9H,6-7,10H2,1-5H3/b9-8-. The van der Waals surface area contributed by atoms with Crippen LogP contribution in [0.3, 0.4) is 0 Å². The predicted molar refractivity (Wildman–Crippen MR) is 80.6 cm³/mol. The zero-order valence-electron chi connectivity index (χ0n) is 13.3. The topological polar surface area (TPSA) is 64.4 Å². The Morgan fingerprint density at radius 2 is 2.05 bits per heavy atom. The van der Waals surface area contributed by atoms with Crippen molar-refractivity contribution in [2.45, 2.75) is 26.7 Å². The number of carbonyl (C=O) groups is 2. The van der Waals surface area contributed by atoms with Crippen LogP contribution in [0.15, 0.2) is 6.08 Å². The van der Waals surface area contributed by atoms with Gasteiger partial charge in [0, 0.05) is 44.4 Å². The summed E-state index contributed by atoms with van der Waals surface area (Å²) in [6.07, 6.45) is 4.23. The number of aromatic nitrogens is 2. The van der Waals surface area contributed by atoms with Crippen molar-refractivity contribution in [3.63, 3.8) is 0 Å². The van der Waals surface area contributed by atoms with Crippen LogP contribution in [-0.4, -0.2) is 47.3 Å². The van der Waals surface area contributed by atoms with Crippen LogP contribution in [0.1, 0.15) is 29.8 Å². The lowest BCUT2D eigenvalue weighted by Crippen LogP contribution is -2.26. The number of rotatable bonds is 6. The Labute approximate surface area is 125 Å². The summed E-state index contributed by atoms with van der Waals surface area (Å²) in [5.74, 6) is -0.351. The number of methoxy groups -OCH3 is 1. The second-order valence-corrected chi connectivity index (χ2v) is 4.98. The summed E-state index contributed by atoms with van der Waals surface area (Å²) in [4.78, 5) is 24.6. The predicted octanol–water partition coefficient (Wildman–Crippen LogP) is 1.46. The number of ether oxygens (including phenoxy) is 1. The normalized spacial score (nSPS) is 10.9. The fourth-order valence-corrected chi connectivity index (χ4v) is 1.99. The molecule has 0 aliphatic carbocycles. The lowest BCUT2D eigenvalue weighted by atomic mass is 10.2. The monoisotopic (exact) mass is 293 g/mol. The van der Waals surface area contributed by atoms with Crippen molar-refractivity contribution >= 4 is 18.0 Å². The molecule has 1 amide bonds. The van der Waals surface area contributed by atoms with E-state index in [0.717, 1.165) is 17.0 Å². The van der Waals surface area contributed by atoms with Crippen LogP contribution in [-0.2, 0) is 21.4 Å². The van der Waals surface area contributed by atoms with Crippen molar-refractivity contribution in [1.29, 1.82) is 0 Å². The van der Waals surface area contributed by atoms with Crippen molar-refractivity contribution < 1.29 is 14.3 Å². The second kappa shape index (κ2) is 7.61. The third-order valence-electron chi connectivity index (χ3n) is 3.44. The lowest BCUT2D eigenvalue weighted by molar-refractivity contribution is -0.141. The fourth-order valence-electron chi connectivity index (χ4n) is 1.99. The number of likely N-dealkylation sites (N-methyl/N-ethyl adjacent to an activating group) is 1. The van der Waals surface area contributed by atoms with Crippen LogP contribution in [0.5, 0.6) is 0 Å². The minimum Gasteiger partial charge on any atom is -0.469 e. The van der Waals surface area contributed by atoms with Gasteiger partial charge >= 0.3 is 5.97 Å². The first kappa shape index (κ1) is 16.9. The Kier molecular flexibility index (Phi) is 6.14. The zero-order chi connectivity index (χ0) is 16.0. The molecule has 0 N–H and O–H groups in total. The average molecular weight is 293 g/mol. The van der Waals surface area contributed by atoms with Gasteiger partial charge in [-0.2, -0.15) is 5.10 Å². The van der Waals surface area contributed by atoms with Crippen LogP contribution >= 0.6 is 0 Å². The average Bonchev–Trinajstić information content (AvgIpc) is 2.69. The first-order chi connectivity index (χ1) is 9.86. The van der Waals surface area contributed by atoms with Gasteiger partial charge in [-0.25, -0.2) is 0 Å². The molecule has 1 aromatic heterocycles. The third kappa shape index (κ3) is 4.73. The number of nitrogens with zero attached hydrogens (tertiary/aromatic N) is 3. The van der Waals surface area contributed by atoms with Gasteiger partial charge in [0.05, 0.1) is 12.8 Å². The summed E-state index contributed by atoms with van der Waals surface area (Å²) in [5, 5.41) is 4.30. The SMILES string of the molecule is COC(=O)CCCN(C)C(=O)/C=C\c1c(C)nn(C)c1C. The maximum atomic E-state index is 12.0. The van der Waals surface area contributed by atoms with Crippen LogP contribution in [0, 0.1) is 13.8 Å². The summed E-state index contributed by atoms with van der Waals surface area (Å²) in [5.41, 5.74) is 2.88. The smallest absolute Gasteiger partial charge is 0.305 e. The summed E-state index contributed by atoms with van der Waals surface area (Å²) in [6.45, 7) is 4.39. The van der Waals surface area contributed by atoms with Crippen molar-refractivity contribution in [3.8, 4) is 0 Å². The molecule has 116 valence electrons. The minimum atomic E-state index is -0.256. The summed E-state index contributed by atoms with van der Waals surface area (Å²) < 4.78 is 6.35. The molecule has 0 aliphatic heterocycles. The van der Waals surface area contributed by atoms with Gasteiger partial charge in [0.25, 0.3) is 0 Å². The highest BCUT2D eigenvalue weighted by molar-refractivity contribution is 5.91. The zero-order valence-corrected chi connectivity index (χ0v) is 13.3. The number of carbonyl (C=O) groups excluding carboxylic acids is 2. The van der Waals surface area contributed by atoms with E-state index in [0.29, 0.717) is 19.4 Å². The molecule has 0 saturated heterocycles. The highest BCUT2D eigenvalue weighted by Crippen LogP contribution is 2.13. The molecule has 0 aromatic carbocycles. The van der Waals surface area contributed by atoms with Crippen LogP contribution in [0.4, 0.5) is 0 Å². The molecule has 0 fully saturated rings. The Balaban J connectivity index is 2.55. The van der Waals surface area contributed by atoms with E-state index in [4.69, 9.17) is 0 Å². The molecule has 1 rings (SSSR count). The van der Waals surface area contributed by atoms with Crippen LogP contribution in [0.2, 0.25) is 0 Å². The van der Waals surface area contributed by atoms with Crippen LogP contribution < -0.4 is 0 Å². The molecule has 6 nitrogen and oxygen atoms in total. The van der Waals surface area contributed by atoms with Crippen molar-refractivity contribution in [3.05, 3.63) is 23.0 Å². The first-order valence-corrected chi connectivity index (χ1v) is 6.87. The van der Waals surface area contributed by atoms with E-state index in [-0.39, 0.29) is 11.9 Å². The Morgan fingerprint density at radius 1 is 1.38 bits per heavy atom. The lowest BCUT2D eigenvalue weighted by Gasteiger charge is -2.14. The molecule has 0 atom stereocenters. The van der Waals surface area contributed by atoms with E-state index in [2.05, 4.69) is 9.84 Å². The molecule has 0 bridgehead atoms. The van der Waals surface area contributed by atoms with E-state index in [1.165, 1.54) is 13.2 Å². The molecule has 0 aliphatic rings. The Hall–Kier alpha value is -2.11. The van der Waals surface area contributed by atoms with Gasteiger partial charge in [0.2, 0.25) is 5.91 Å². The number of esters is 1. The summed E-state index contributed by atoms with van der Waals surface area (Å²) in [6, 6.07) is 0.